The molecule has 0 bridgehead atoms. The molecule has 0 spiro atoms. The van der Waals surface area contributed by atoms with Crippen LogP contribution in [0.15, 0.2) is 6.07 Å². The second kappa shape index (κ2) is 4.90. The van der Waals surface area contributed by atoms with Crippen LogP contribution < -0.4 is 0 Å². The number of aryl methyl sites for hydroxylation is 1. The molecule has 0 amide bonds. The van der Waals surface area contributed by atoms with Gasteiger partial charge in [0.15, 0.2) is 6.29 Å². The Morgan fingerprint density at radius 1 is 1.53 bits per heavy atom. The first kappa shape index (κ1) is 10.8. The lowest BCUT2D eigenvalue weighted by molar-refractivity contribution is 0.0860. The summed E-state index contributed by atoms with van der Waals surface area (Å²) in [5.74, 6) is 0.614. The third-order valence-electron chi connectivity index (χ3n) is 2.93. The fourth-order valence-electron chi connectivity index (χ4n) is 2.02. The topological polar surface area (TPSA) is 26.3 Å². The van der Waals surface area contributed by atoms with E-state index in [0.29, 0.717) is 5.92 Å². The van der Waals surface area contributed by atoms with Gasteiger partial charge in [-0.3, -0.25) is 4.79 Å². The molecule has 15 heavy (non-hydrogen) atoms. The van der Waals surface area contributed by atoms with Gasteiger partial charge in [-0.2, -0.15) is 0 Å². The molecule has 2 heterocycles. The van der Waals surface area contributed by atoms with Gasteiger partial charge in [0.25, 0.3) is 0 Å². The predicted molar refractivity (Wildman–Crippen MR) is 61.9 cm³/mol. The number of carbonyl (C=O) groups excluding carboxylic acids is 1. The van der Waals surface area contributed by atoms with Crippen LogP contribution in [0.3, 0.4) is 0 Å². The van der Waals surface area contributed by atoms with Crippen molar-refractivity contribution in [2.75, 3.05) is 13.2 Å². The number of hydrogen-bond donors (Lipinski definition) is 0. The average molecular weight is 224 g/mol. The molecule has 1 aromatic rings. The standard InChI is InChI=1S/C12H16O2S/c1-2-11-10(8-13)7-12(15-11)9-3-5-14-6-4-9/h7-9H,2-6H2,1H3. The van der Waals surface area contributed by atoms with E-state index in [1.54, 1.807) is 11.3 Å². The van der Waals surface area contributed by atoms with Crippen molar-refractivity contribution in [3.05, 3.63) is 21.4 Å². The predicted octanol–water partition coefficient (Wildman–Crippen LogP) is 3.02. The van der Waals surface area contributed by atoms with E-state index in [2.05, 4.69) is 13.0 Å². The Kier molecular flexibility index (Phi) is 3.54. The summed E-state index contributed by atoms with van der Waals surface area (Å²) in [6, 6.07) is 2.08. The van der Waals surface area contributed by atoms with Crippen LogP contribution in [0.4, 0.5) is 0 Å². The summed E-state index contributed by atoms with van der Waals surface area (Å²) < 4.78 is 5.35. The van der Waals surface area contributed by atoms with Crippen molar-refractivity contribution in [2.45, 2.75) is 32.1 Å². The highest BCUT2D eigenvalue weighted by Gasteiger charge is 2.19. The zero-order chi connectivity index (χ0) is 10.7. The van der Waals surface area contributed by atoms with E-state index < -0.39 is 0 Å². The highest BCUT2D eigenvalue weighted by atomic mass is 32.1. The number of carbonyl (C=O) groups is 1. The van der Waals surface area contributed by atoms with Gasteiger partial charge in [0.05, 0.1) is 0 Å². The zero-order valence-corrected chi connectivity index (χ0v) is 9.81. The van der Waals surface area contributed by atoms with Crippen molar-refractivity contribution < 1.29 is 9.53 Å². The van der Waals surface area contributed by atoms with Gasteiger partial charge >= 0.3 is 0 Å². The second-order valence-corrected chi connectivity index (χ2v) is 5.05. The van der Waals surface area contributed by atoms with E-state index in [1.807, 2.05) is 0 Å². The first-order chi connectivity index (χ1) is 7.35. The van der Waals surface area contributed by atoms with Gasteiger partial charge in [-0.15, -0.1) is 11.3 Å². The zero-order valence-electron chi connectivity index (χ0n) is 8.99. The van der Waals surface area contributed by atoms with Gasteiger partial charge in [0.2, 0.25) is 0 Å². The Balaban J connectivity index is 2.19. The normalized spacial score (nSPS) is 17.9. The molecule has 0 aromatic carbocycles. The Labute approximate surface area is 94.3 Å². The SMILES string of the molecule is CCc1sc(C2CCOCC2)cc1C=O. The summed E-state index contributed by atoms with van der Waals surface area (Å²) in [6.45, 7) is 3.83. The molecule has 0 atom stereocenters. The summed E-state index contributed by atoms with van der Waals surface area (Å²) >= 11 is 1.80. The van der Waals surface area contributed by atoms with Gasteiger partial charge in [0, 0.05) is 28.5 Å². The molecule has 0 aliphatic carbocycles. The summed E-state index contributed by atoms with van der Waals surface area (Å²) in [4.78, 5) is 13.5. The van der Waals surface area contributed by atoms with Gasteiger partial charge in [-0.05, 0) is 31.2 Å². The molecule has 82 valence electrons. The molecule has 0 radical (unpaired) electrons. The van der Waals surface area contributed by atoms with Crippen LogP contribution in [0.25, 0.3) is 0 Å². The van der Waals surface area contributed by atoms with E-state index in [9.17, 15) is 4.79 Å². The molecule has 1 aliphatic rings. The largest absolute Gasteiger partial charge is 0.381 e. The van der Waals surface area contributed by atoms with Gasteiger partial charge < -0.3 is 4.74 Å². The van der Waals surface area contributed by atoms with E-state index in [1.165, 1.54) is 9.75 Å². The van der Waals surface area contributed by atoms with E-state index >= 15 is 0 Å². The third kappa shape index (κ3) is 2.29. The minimum absolute atomic E-state index is 0.614. The molecule has 0 N–H and O–H groups in total. The molecule has 2 nitrogen and oxygen atoms in total. The molecular weight excluding hydrogens is 208 g/mol. The number of rotatable bonds is 3. The van der Waals surface area contributed by atoms with E-state index in [0.717, 1.165) is 44.3 Å². The molecule has 1 saturated heterocycles. The maximum Gasteiger partial charge on any atom is 0.151 e. The molecular formula is C12H16O2S. The Morgan fingerprint density at radius 3 is 2.80 bits per heavy atom. The van der Waals surface area contributed by atoms with Crippen molar-refractivity contribution >= 4 is 17.6 Å². The Hall–Kier alpha value is -0.670. The molecule has 0 unspecified atom stereocenters. The maximum absolute atomic E-state index is 10.9. The van der Waals surface area contributed by atoms with Crippen LogP contribution in [-0.2, 0) is 11.2 Å². The minimum Gasteiger partial charge on any atom is -0.381 e. The summed E-state index contributed by atoms with van der Waals surface area (Å²) in [7, 11) is 0. The van der Waals surface area contributed by atoms with Gasteiger partial charge in [-0.25, -0.2) is 0 Å². The van der Waals surface area contributed by atoms with Crippen molar-refractivity contribution in [1.29, 1.82) is 0 Å². The van der Waals surface area contributed by atoms with Crippen molar-refractivity contribution in [1.82, 2.24) is 0 Å². The quantitative estimate of drug-likeness (QED) is 0.738. The maximum atomic E-state index is 10.9. The van der Waals surface area contributed by atoms with Gasteiger partial charge in [0.1, 0.15) is 0 Å². The smallest absolute Gasteiger partial charge is 0.151 e. The van der Waals surface area contributed by atoms with E-state index in [-0.39, 0.29) is 0 Å². The van der Waals surface area contributed by atoms with Crippen LogP contribution in [0.5, 0.6) is 0 Å². The first-order valence-corrected chi connectivity index (χ1v) is 6.32. The van der Waals surface area contributed by atoms with Crippen LogP contribution in [-0.4, -0.2) is 19.5 Å². The molecule has 1 fully saturated rings. The molecule has 1 aromatic heterocycles. The fraction of sp³-hybridized carbons (Fsp3) is 0.583. The van der Waals surface area contributed by atoms with Crippen LogP contribution in [0.1, 0.15) is 45.8 Å². The number of hydrogen-bond acceptors (Lipinski definition) is 3. The lowest BCUT2D eigenvalue weighted by Gasteiger charge is -2.20. The van der Waals surface area contributed by atoms with Crippen LogP contribution in [0, 0.1) is 0 Å². The molecule has 0 saturated carbocycles. The number of thiophene rings is 1. The molecule has 1 aliphatic heterocycles. The van der Waals surface area contributed by atoms with E-state index in [4.69, 9.17) is 4.74 Å². The van der Waals surface area contributed by atoms with Crippen LogP contribution in [0.2, 0.25) is 0 Å². The first-order valence-electron chi connectivity index (χ1n) is 5.50. The Morgan fingerprint density at radius 2 is 2.27 bits per heavy atom. The average Bonchev–Trinajstić information content (AvgIpc) is 2.73. The Bertz CT molecular complexity index is 337. The second-order valence-electron chi connectivity index (χ2n) is 3.89. The summed E-state index contributed by atoms with van der Waals surface area (Å²) in [5.41, 5.74) is 0.893. The van der Waals surface area contributed by atoms with Crippen molar-refractivity contribution in [2.24, 2.45) is 0 Å². The lowest BCUT2D eigenvalue weighted by atomic mass is 9.98. The minimum atomic E-state index is 0.614. The number of aldehydes is 1. The van der Waals surface area contributed by atoms with Crippen molar-refractivity contribution in [3.8, 4) is 0 Å². The van der Waals surface area contributed by atoms with Gasteiger partial charge in [-0.1, -0.05) is 6.92 Å². The summed E-state index contributed by atoms with van der Waals surface area (Å²) in [5, 5.41) is 0. The van der Waals surface area contributed by atoms with Crippen molar-refractivity contribution in [3.63, 3.8) is 0 Å². The monoisotopic (exact) mass is 224 g/mol. The van der Waals surface area contributed by atoms with Crippen LogP contribution >= 0.6 is 11.3 Å². The molecule has 3 heteroatoms. The highest BCUT2D eigenvalue weighted by molar-refractivity contribution is 7.12. The molecule has 2 rings (SSSR count). The highest BCUT2D eigenvalue weighted by Crippen LogP contribution is 2.34. The number of ether oxygens (including phenoxy) is 1. The fourth-order valence-corrected chi connectivity index (χ4v) is 3.27. The summed E-state index contributed by atoms with van der Waals surface area (Å²) in [6.07, 6.45) is 4.14. The third-order valence-corrected chi connectivity index (χ3v) is 4.39. The lowest BCUT2D eigenvalue weighted by Crippen LogP contribution is -2.12.